The molecule has 128 valence electrons. The van der Waals surface area contributed by atoms with Crippen LogP contribution in [0.25, 0.3) is 0 Å². The topological polar surface area (TPSA) is 44.4 Å². The van der Waals surface area contributed by atoms with Crippen LogP contribution in [0.4, 0.5) is 13.2 Å². The average Bonchev–Trinajstić information content (AvgIpc) is 2.97. The Bertz CT molecular complexity index is 375. The van der Waals surface area contributed by atoms with E-state index < -0.39 is 17.6 Å². The van der Waals surface area contributed by atoms with E-state index in [0.717, 1.165) is 25.7 Å². The average molecular weight is 321 g/mol. The van der Waals surface area contributed by atoms with E-state index in [-0.39, 0.29) is 12.5 Å². The molecule has 22 heavy (non-hydrogen) atoms. The molecule has 0 spiro atoms. The van der Waals surface area contributed by atoms with Gasteiger partial charge in [-0.1, -0.05) is 19.8 Å². The van der Waals surface area contributed by atoms with Gasteiger partial charge in [-0.25, -0.2) is 0 Å². The number of hydrogen-bond acceptors (Lipinski definition) is 3. The summed E-state index contributed by atoms with van der Waals surface area (Å²) in [5.74, 6) is -0.197. The van der Waals surface area contributed by atoms with Crippen molar-refractivity contribution in [1.29, 1.82) is 0 Å². The van der Waals surface area contributed by atoms with Crippen LogP contribution < -0.4 is 10.6 Å². The highest BCUT2D eigenvalue weighted by Gasteiger charge is 2.45. The summed E-state index contributed by atoms with van der Waals surface area (Å²) < 4.78 is 39.9. The lowest BCUT2D eigenvalue weighted by molar-refractivity contribution is -0.184. The van der Waals surface area contributed by atoms with E-state index in [1.165, 1.54) is 4.90 Å². The molecule has 1 atom stereocenters. The summed E-state index contributed by atoms with van der Waals surface area (Å²) >= 11 is 0. The smallest absolute Gasteiger partial charge is 0.354 e. The van der Waals surface area contributed by atoms with E-state index in [1.807, 2.05) is 6.92 Å². The quantitative estimate of drug-likeness (QED) is 0.813. The lowest BCUT2D eigenvalue weighted by Crippen LogP contribution is -2.58. The lowest BCUT2D eigenvalue weighted by atomic mass is 9.82. The van der Waals surface area contributed by atoms with Gasteiger partial charge >= 0.3 is 6.18 Å². The molecule has 2 fully saturated rings. The van der Waals surface area contributed by atoms with Gasteiger partial charge in [-0.15, -0.1) is 0 Å². The normalized spacial score (nSPS) is 24.2. The first kappa shape index (κ1) is 17.5. The molecule has 2 rings (SSSR count). The number of amides is 1. The van der Waals surface area contributed by atoms with Crippen molar-refractivity contribution in [2.45, 2.75) is 51.2 Å². The number of carbonyl (C=O) groups is 1. The van der Waals surface area contributed by atoms with E-state index >= 15 is 0 Å². The van der Waals surface area contributed by atoms with Gasteiger partial charge in [-0.3, -0.25) is 9.69 Å². The Balaban J connectivity index is 1.97. The molecule has 0 aromatic rings. The zero-order valence-electron chi connectivity index (χ0n) is 13.1. The van der Waals surface area contributed by atoms with Gasteiger partial charge in [-0.2, -0.15) is 13.2 Å². The molecular formula is C15H26F3N3O. The Hall–Kier alpha value is -0.820. The highest BCUT2D eigenvalue weighted by atomic mass is 19.4. The van der Waals surface area contributed by atoms with Crippen molar-refractivity contribution >= 4 is 5.91 Å². The Morgan fingerprint density at radius 3 is 2.36 bits per heavy atom. The van der Waals surface area contributed by atoms with Gasteiger partial charge in [0.15, 0.2) is 0 Å². The van der Waals surface area contributed by atoms with Crippen molar-refractivity contribution < 1.29 is 18.0 Å². The van der Waals surface area contributed by atoms with Crippen molar-refractivity contribution in [3.05, 3.63) is 0 Å². The maximum absolute atomic E-state index is 13.3. The van der Waals surface area contributed by atoms with E-state index in [1.54, 1.807) is 0 Å². The fourth-order valence-corrected chi connectivity index (χ4v) is 3.62. The third-order valence-electron chi connectivity index (χ3n) is 5.15. The molecule has 2 N–H and O–H groups in total. The summed E-state index contributed by atoms with van der Waals surface area (Å²) in [4.78, 5) is 13.8. The monoisotopic (exact) mass is 321 g/mol. The van der Waals surface area contributed by atoms with Gasteiger partial charge in [0.25, 0.3) is 0 Å². The third kappa shape index (κ3) is 3.93. The van der Waals surface area contributed by atoms with E-state index in [9.17, 15) is 18.0 Å². The summed E-state index contributed by atoms with van der Waals surface area (Å²) in [6.45, 7) is 3.43. The van der Waals surface area contributed by atoms with Gasteiger partial charge in [0, 0.05) is 38.1 Å². The van der Waals surface area contributed by atoms with Crippen LogP contribution in [0.15, 0.2) is 0 Å². The Kier molecular flexibility index (Phi) is 5.71. The van der Waals surface area contributed by atoms with E-state index in [2.05, 4.69) is 10.6 Å². The van der Waals surface area contributed by atoms with E-state index in [0.29, 0.717) is 32.6 Å². The second-order valence-corrected chi connectivity index (χ2v) is 6.39. The SMILES string of the molecule is CCC1(C(=O)NCC(N2CCNCC2)C(F)(F)F)CCCC1. The number of halogens is 3. The van der Waals surface area contributed by atoms with Crippen molar-refractivity contribution in [2.75, 3.05) is 32.7 Å². The van der Waals surface area contributed by atoms with Gasteiger partial charge in [0.2, 0.25) is 5.91 Å². The number of alkyl halides is 3. The van der Waals surface area contributed by atoms with Crippen LogP contribution in [0.3, 0.4) is 0 Å². The maximum atomic E-state index is 13.3. The first-order valence-corrected chi connectivity index (χ1v) is 8.19. The molecule has 1 saturated heterocycles. The highest BCUT2D eigenvalue weighted by Crippen LogP contribution is 2.41. The van der Waals surface area contributed by atoms with Crippen LogP contribution in [0, 0.1) is 5.41 Å². The fraction of sp³-hybridized carbons (Fsp3) is 0.933. The zero-order chi connectivity index (χ0) is 16.2. The summed E-state index contributed by atoms with van der Waals surface area (Å²) in [6, 6.07) is -1.59. The van der Waals surface area contributed by atoms with Crippen molar-refractivity contribution in [1.82, 2.24) is 15.5 Å². The first-order valence-electron chi connectivity index (χ1n) is 8.19. The summed E-state index contributed by atoms with van der Waals surface area (Å²) in [5, 5.41) is 5.65. The molecule has 0 bridgehead atoms. The fourth-order valence-electron chi connectivity index (χ4n) is 3.62. The van der Waals surface area contributed by atoms with Crippen molar-refractivity contribution in [3.63, 3.8) is 0 Å². The minimum Gasteiger partial charge on any atom is -0.354 e. The maximum Gasteiger partial charge on any atom is 0.405 e. The minimum atomic E-state index is -4.32. The molecule has 1 aliphatic heterocycles. The van der Waals surface area contributed by atoms with Gasteiger partial charge in [-0.05, 0) is 19.3 Å². The Morgan fingerprint density at radius 2 is 1.86 bits per heavy atom. The van der Waals surface area contributed by atoms with Gasteiger partial charge in [0.1, 0.15) is 6.04 Å². The summed E-state index contributed by atoms with van der Waals surface area (Å²) in [6.07, 6.45) is -0.0639. The van der Waals surface area contributed by atoms with Crippen LogP contribution in [-0.4, -0.2) is 55.7 Å². The molecule has 2 aliphatic rings. The lowest BCUT2D eigenvalue weighted by Gasteiger charge is -2.36. The number of hydrogen-bond donors (Lipinski definition) is 2. The molecule has 7 heteroatoms. The molecule has 0 aromatic heterocycles. The van der Waals surface area contributed by atoms with Crippen LogP contribution >= 0.6 is 0 Å². The summed E-state index contributed by atoms with van der Waals surface area (Å²) in [5.41, 5.74) is -0.445. The van der Waals surface area contributed by atoms with Gasteiger partial charge < -0.3 is 10.6 Å². The number of carbonyl (C=O) groups excluding carboxylic acids is 1. The molecule has 1 amide bonds. The molecule has 1 heterocycles. The van der Waals surface area contributed by atoms with Crippen molar-refractivity contribution in [2.24, 2.45) is 5.41 Å². The minimum absolute atomic E-state index is 0.197. The van der Waals surface area contributed by atoms with Crippen molar-refractivity contribution in [3.8, 4) is 0 Å². The summed E-state index contributed by atoms with van der Waals surface area (Å²) in [7, 11) is 0. The number of piperazine rings is 1. The van der Waals surface area contributed by atoms with Gasteiger partial charge in [0.05, 0.1) is 0 Å². The molecule has 0 aromatic carbocycles. The largest absolute Gasteiger partial charge is 0.405 e. The standard InChI is InChI=1S/C15H26F3N3O/c1-2-14(5-3-4-6-14)13(22)20-11-12(15(16,17)18)21-9-7-19-8-10-21/h12,19H,2-11H2,1H3,(H,20,22). The predicted octanol–water partition coefficient (Wildman–Crippen LogP) is 1.91. The Labute approximate surface area is 129 Å². The third-order valence-corrected chi connectivity index (χ3v) is 5.15. The molecular weight excluding hydrogens is 295 g/mol. The Morgan fingerprint density at radius 1 is 1.27 bits per heavy atom. The second-order valence-electron chi connectivity index (χ2n) is 6.39. The molecule has 1 saturated carbocycles. The second kappa shape index (κ2) is 7.17. The molecule has 1 aliphatic carbocycles. The first-order chi connectivity index (χ1) is 10.4. The number of nitrogens with zero attached hydrogens (tertiary/aromatic N) is 1. The van der Waals surface area contributed by atoms with E-state index in [4.69, 9.17) is 0 Å². The predicted molar refractivity (Wildman–Crippen MR) is 78.5 cm³/mol. The van der Waals surface area contributed by atoms with Crippen LogP contribution in [0.5, 0.6) is 0 Å². The van der Waals surface area contributed by atoms with Crippen LogP contribution in [0.1, 0.15) is 39.0 Å². The number of rotatable bonds is 5. The molecule has 1 unspecified atom stereocenters. The highest BCUT2D eigenvalue weighted by molar-refractivity contribution is 5.82. The zero-order valence-corrected chi connectivity index (χ0v) is 13.1. The van der Waals surface area contributed by atoms with Crippen LogP contribution in [0.2, 0.25) is 0 Å². The molecule has 0 radical (unpaired) electrons. The molecule has 4 nitrogen and oxygen atoms in total. The van der Waals surface area contributed by atoms with Crippen LogP contribution in [-0.2, 0) is 4.79 Å². The number of nitrogens with one attached hydrogen (secondary N) is 2.